The molecule has 0 radical (unpaired) electrons. The molecule has 1 aromatic heterocycles. The van der Waals surface area contributed by atoms with Crippen LogP contribution in [0.25, 0.3) is 10.9 Å². The molecule has 2 fully saturated rings. The third-order valence-corrected chi connectivity index (χ3v) is 7.95. The van der Waals surface area contributed by atoms with Gasteiger partial charge in [-0.1, -0.05) is 18.2 Å². The van der Waals surface area contributed by atoms with Crippen molar-refractivity contribution in [3.8, 4) is 0 Å². The molecule has 9 nitrogen and oxygen atoms in total. The second-order valence-corrected chi connectivity index (χ2v) is 10.1. The molecule has 10 heteroatoms. The van der Waals surface area contributed by atoms with Crippen LogP contribution in [-0.2, 0) is 19.5 Å². The molecule has 34 heavy (non-hydrogen) atoms. The van der Waals surface area contributed by atoms with Crippen LogP contribution in [0.15, 0.2) is 59.6 Å². The van der Waals surface area contributed by atoms with Crippen molar-refractivity contribution >= 4 is 38.2 Å². The molecule has 3 heterocycles. The second-order valence-electron chi connectivity index (χ2n) is 8.13. The summed E-state index contributed by atoms with van der Waals surface area (Å²) < 4.78 is 38.7. The lowest BCUT2D eigenvalue weighted by atomic mass is 10.1. The third-order valence-electron chi connectivity index (χ3n) is 6.05. The molecule has 0 aliphatic carbocycles. The Bertz CT molecular complexity index is 1300. The van der Waals surface area contributed by atoms with Gasteiger partial charge >= 0.3 is 0 Å². The first-order valence-electron chi connectivity index (χ1n) is 11.2. The Labute approximate surface area is 198 Å². The van der Waals surface area contributed by atoms with Crippen molar-refractivity contribution in [3.05, 3.63) is 60.3 Å². The highest BCUT2D eigenvalue weighted by atomic mass is 32.2. The monoisotopic (exact) mass is 482 g/mol. The van der Waals surface area contributed by atoms with Crippen LogP contribution in [0.5, 0.6) is 0 Å². The second kappa shape index (κ2) is 9.67. The molecule has 0 spiro atoms. The van der Waals surface area contributed by atoms with E-state index in [1.54, 1.807) is 24.4 Å². The van der Waals surface area contributed by atoms with Crippen molar-refractivity contribution in [2.75, 3.05) is 62.8 Å². The molecule has 2 aromatic carbocycles. The third kappa shape index (κ3) is 4.49. The van der Waals surface area contributed by atoms with Gasteiger partial charge in [0.25, 0.3) is 5.91 Å². The Morgan fingerprint density at radius 3 is 2.38 bits per heavy atom. The number of sulfonamides is 1. The number of fused-ring (bicyclic) bond motifs is 1. The highest BCUT2D eigenvalue weighted by Gasteiger charge is 2.29. The largest absolute Gasteiger partial charge is 0.379 e. The molecule has 2 aliphatic heterocycles. The number of morpholine rings is 2. The fourth-order valence-electron chi connectivity index (χ4n) is 4.27. The summed E-state index contributed by atoms with van der Waals surface area (Å²) in [5.41, 5.74) is 2.21. The zero-order valence-corrected chi connectivity index (χ0v) is 19.5. The van der Waals surface area contributed by atoms with Gasteiger partial charge in [-0.3, -0.25) is 9.78 Å². The van der Waals surface area contributed by atoms with Gasteiger partial charge < -0.3 is 19.7 Å². The maximum atomic E-state index is 13.6. The Kier molecular flexibility index (Phi) is 6.46. The van der Waals surface area contributed by atoms with Crippen molar-refractivity contribution in [1.29, 1.82) is 0 Å². The molecule has 178 valence electrons. The summed E-state index contributed by atoms with van der Waals surface area (Å²) in [5.74, 6) is -0.390. The van der Waals surface area contributed by atoms with E-state index in [2.05, 4.69) is 10.3 Å². The Balaban J connectivity index is 1.53. The fourth-order valence-corrected chi connectivity index (χ4v) is 5.70. The van der Waals surface area contributed by atoms with Gasteiger partial charge in [-0.05, 0) is 30.3 Å². The number of nitrogens with zero attached hydrogens (tertiary/aromatic N) is 3. The molecule has 1 amide bonds. The first-order valence-corrected chi connectivity index (χ1v) is 12.7. The number of carbonyl (C=O) groups is 1. The minimum atomic E-state index is -3.76. The van der Waals surface area contributed by atoms with E-state index in [1.165, 1.54) is 10.4 Å². The minimum absolute atomic E-state index is 0.0904. The van der Waals surface area contributed by atoms with Gasteiger partial charge in [-0.25, -0.2) is 8.42 Å². The van der Waals surface area contributed by atoms with E-state index in [0.29, 0.717) is 62.0 Å². The minimum Gasteiger partial charge on any atom is -0.379 e. The summed E-state index contributed by atoms with van der Waals surface area (Å²) in [6.45, 7) is 3.61. The zero-order chi connectivity index (χ0) is 23.5. The lowest BCUT2D eigenvalue weighted by Crippen LogP contribution is -2.41. The number of para-hydroxylation sites is 1. The molecule has 0 unspecified atom stereocenters. The van der Waals surface area contributed by atoms with Gasteiger partial charge in [0.2, 0.25) is 10.0 Å². The summed E-state index contributed by atoms with van der Waals surface area (Å²) in [6, 6.07) is 14.1. The van der Waals surface area contributed by atoms with E-state index in [1.807, 2.05) is 29.2 Å². The highest BCUT2D eigenvalue weighted by molar-refractivity contribution is 7.89. The Hall–Kier alpha value is -3.05. The zero-order valence-electron chi connectivity index (χ0n) is 18.6. The average molecular weight is 483 g/mol. The maximum Gasteiger partial charge on any atom is 0.257 e. The summed E-state index contributed by atoms with van der Waals surface area (Å²) in [4.78, 5) is 20.1. The smallest absolute Gasteiger partial charge is 0.257 e. The lowest BCUT2D eigenvalue weighted by Gasteiger charge is -2.31. The molecule has 3 aromatic rings. The topological polar surface area (TPSA) is 101 Å². The van der Waals surface area contributed by atoms with E-state index in [0.717, 1.165) is 5.39 Å². The average Bonchev–Trinajstić information content (AvgIpc) is 2.89. The Morgan fingerprint density at radius 2 is 1.62 bits per heavy atom. The molecular weight excluding hydrogens is 456 g/mol. The van der Waals surface area contributed by atoms with Crippen molar-refractivity contribution in [3.63, 3.8) is 0 Å². The number of pyridine rings is 1. The van der Waals surface area contributed by atoms with Crippen LogP contribution in [0.1, 0.15) is 10.4 Å². The number of aromatic nitrogens is 1. The number of benzene rings is 2. The number of hydrogen-bond donors (Lipinski definition) is 1. The lowest BCUT2D eigenvalue weighted by molar-refractivity contribution is 0.0730. The number of amides is 1. The predicted octanol–water partition coefficient (Wildman–Crippen LogP) is 2.34. The first-order chi connectivity index (χ1) is 16.5. The van der Waals surface area contributed by atoms with Crippen molar-refractivity contribution < 1.29 is 22.7 Å². The molecule has 1 N–H and O–H groups in total. The molecule has 2 aliphatic rings. The SMILES string of the molecule is O=C(Nc1cccc2cccnc12)c1cc(S(=O)(=O)N2CCOCC2)ccc1N1CCOCC1. The van der Waals surface area contributed by atoms with E-state index in [-0.39, 0.29) is 18.0 Å². The molecule has 2 saturated heterocycles. The van der Waals surface area contributed by atoms with Crippen LogP contribution in [0.4, 0.5) is 11.4 Å². The van der Waals surface area contributed by atoms with Crippen LogP contribution >= 0.6 is 0 Å². The predicted molar refractivity (Wildman–Crippen MR) is 129 cm³/mol. The summed E-state index contributed by atoms with van der Waals surface area (Å²) in [7, 11) is -3.76. The molecule has 0 atom stereocenters. The van der Waals surface area contributed by atoms with Gasteiger partial charge in [0, 0.05) is 43.4 Å². The van der Waals surface area contributed by atoms with Crippen LogP contribution in [0, 0.1) is 0 Å². The fraction of sp³-hybridized carbons (Fsp3) is 0.333. The number of hydrogen-bond acceptors (Lipinski definition) is 7. The molecule has 0 bridgehead atoms. The highest BCUT2D eigenvalue weighted by Crippen LogP contribution is 2.29. The van der Waals surface area contributed by atoms with Crippen molar-refractivity contribution in [2.45, 2.75) is 4.90 Å². The van der Waals surface area contributed by atoms with Gasteiger partial charge in [0.15, 0.2) is 0 Å². The number of carbonyl (C=O) groups excluding carboxylic acids is 1. The molecule has 0 saturated carbocycles. The van der Waals surface area contributed by atoms with Gasteiger partial charge in [-0.15, -0.1) is 0 Å². The quantitative estimate of drug-likeness (QED) is 0.596. The standard InChI is InChI=1S/C24H26N4O5S/c29-24(26-21-5-1-3-18-4-2-8-25-23(18)21)20-17-19(34(30,31)28-11-15-33-16-12-28)6-7-22(20)27-9-13-32-14-10-27/h1-8,17H,9-16H2,(H,26,29). The van der Waals surface area contributed by atoms with Crippen LogP contribution in [0.2, 0.25) is 0 Å². The summed E-state index contributed by atoms with van der Waals surface area (Å²) >= 11 is 0. The van der Waals surface area contributed by atoms with Crippen LogP contribution < -0.4 is 10.2 Å². The molecular formula is C24H26N4O5S. The van der Waals surface area contributed by atoms with Crippen molar-refractivity contribution in [2.24, 2.45) is 0 Å². The Morgan fingerprint density at radius 1 is 0.912 bits per heavy atom. The van der Waals surface area contributed by atoms with Gasteiger partial charge in [0.1, 0.15) is 0 Å². The number of anilines is 2. The van der Waals surface area contributed by atoms with E-state index < -0.39 is 15.9 Å². The van der Waals surface area contributed by atoms with E-state index in [4.69, 9.17) is 9.47 Å². The normalized spacial score (nSPS) is 17.6. The van der Waals surface area contributed by atoms with Crippen LogP contribution in [0.3, 0.4) is 0 Å². The summed E-state index contributed by atoms with van der Waals surface area (Å²) in [5, 5.41) is 3.85. The molecule has 5 rings (SSSR count). The first kappa shape index (κ1) is 22.7. The van der Waals surface area contributed by atoms with E-state index >= 15 is 0 Å². The summed E-state index contributed by atoms with van der Waals surface area (Å²) in [6.07, 6.45) is 1.67. The number of ether oxygens (including phenoxy) is 2. The van der Waals surface area contributed by atoms with Crippen LogP contribution in [-0.4, -0.2) is 76.2 Å². The van der Waals surface area contributed by atoms with Gasteiger partial charge in [0.05, 0.1) is 48.1 Å². The maximum absolute atomic E-state index is 13.6. The van der Waals surface area contributed by atoms with Gasteiger partial charge in [-0.2, -0.15) is 4.31 Å². The van der Waals surface area contributed by atoms with Crippen molar-refractivity contribution in [1.82, 2.24) is 9.29 Å². The van der Waals surface area contributed by atoms with E-state index in [9.17, 15) is 13.2 Å². The number of rotatable bonds is 5. The number of nitrogens with one attached hydrogen (secondary N) is 1.